The molecule has 1 unspecified atom stereocenters. The number of fused-ring (bicyclic) bond motifs is 2. The van der Waals surface area contributed by atoms with E-state index in [1.807, 2.05) is 30.3 Å². The largest absolute Gasteiger partial charge is 0.462 e. The van der Waals surface area contributed by atoms with Gasteiger partial charge in [-0.15, -0.1) is 10.2 Å². The Labute approximate surface area is 175 Å². The zero-order chi connectivity index (χ0) is 20.9. The molecule has 1 aromatic heterocycles. The molecule has 1 saturated heterocycles. The standard InChI is InChI=1S/C15H13N3O2.C8H14O2/c1-2-10-4-3-5-12-15(10)17-18(16-12)11-6-7-13-14(8-11)20-9-19-13;1-2-7-5-3-4-6-8(9)10-7/h3-8H,2,9H2,1H3;7H,2-6H2,1H3. The van der Waals surface area contributed by atoms with Crippen molar-refractivity contribution in [3.8, 4) is 17.2 Å². The highest BCUT2D eigenvalue weighted by Gasteiger charge is 2.16. The molecule has 0 spiro atoms. The smallest absolute Gasteiger partial charge is 0.306 e. The maximum absolute atomic E-state index is 10.8. The van der Waals surface area contributed by atoms with Gasteiger partial charge in [0.2, 0.25) is 6.79 Å². The second-order valence-corrected chi connectivity index (χ2v) is 7.43. The van der Waals surface area contributed by atoms with Gasteiger partial charge in [0.1, 0.15) is 17.1 Å². The maximum Gasteiger partial charge on any atom is 0.306 e. The first kappa shape index (κ1) is 20.2. The molecule has 2 aromatic carbocycles. The highest BCUT2D eigenvalue weighted by atomic mass is 16.7. The molecule has 2 aliphatic heterocycles. The molecule has 7 nitrogen and oxygen atoms in total. The fourth-order valence-corrected chi connectivity index (χ4v) is 3.64. The zero-order valence-electron chi connectivity index (χ0n) is 17.5. The molecule has 158 valence electrons. The fourth-order valence-electron chi connectivity index (χ4n) is 3.64. The van der Waals surface area contributed by atoms with Gasteiger partial charge in [-0.1, -0.05) is 26.0 Å². The minimum atomic E-state index is -0.00986. The molecule has 0 saturated carbocycles. The molecule has 0 amide bonds. The SMILES string of the molecule is CCC1CCCCC(=O)O1.CCc1cccc2nn(-c3ccc4c(c3)OCO4)nc12. The number of rotatable bonds is 3. The number of cyclic esters (lactones) is 1. The van der Waals surface area contributed by atoms with Crippen molar-refractivity contribution >= 4 is 17.0 Å². The van der Waals surface area contributed by atoms with Crippen LogP contribution >= 0.6 is 0 Å². The molecular formula is C23H27N3O4. The van der Waals surface area contributed by atoms with Gasteiger partial charge in [0.05, 0.1) is 5.69 Å². The Bertz CT molecular complexity index is 1030. The molecule has 5 rings (SSSR count). The van der Waals surface area contributed by atoms with Crippen LogP contribution in [0.15, 0.2) is 36.4 Å². The van der Waals surface area contributed by atoms with E-state index < -0.39 is 0 Å². The Morgan fingerprint density at radius 3 is 2.77 bits per heavy atom. The molecule has 0 radical (unpaired) electrons. The van der Waals surface area contributed by atoms with Gasteiger partial charge in [0.15, 0.2) is 11.5 Å². The van der Waals surface area contributed by atoms with Gasteiger partial charge in [-0.2, -0.15) is 4.80 Å². The quantitative estimate of drug-likeness (QED) is 0.589. The lowest BCUT2D eigenvalue weighted by atomic mass is 10.1. The summed E-state index contributed by atoms with van der Waals surface area (Å²) < 4.78 is 15.8. The van der Waals surface area contributed by atoms with E-state index in [0.29, 0.717) is 6.42 Å². The minimum Gasteiger partial charge on any atom is -0.462 e. The lowest BCUT2D eigenvalue weighted by molar-refractivity contribution is -0.148. The minimum absolute atomic E-state index is 0.00986. The van der Waals surface area contributed by atoms with Crippen molar-refractivity contribution in [3.05, 3.63) is 42.0 Å². The number of carbonyl (C=O) groups is 1. The Kier molecular flexibility index (Phi) is 6.16. The van der Waals surface area contributed by atoms with Crippen molar-refractivity contribution < 1.29 is 19.0 Å². The first-order valence-corrected chi connectivity index (χ1v) is 10.6. The summed E-state index contributed by atoms with van der Waals surface area (Å²) in [7, 11) is 0. The van der Waals surface area contributed by atoms with E-state index in [4.69, 9.17) is 14.2 Å². The summed E-state index contributed by atoms with van der Waals surface area (Å²) in [5.41, 5.74) is 3.93. The van der Waals surface area contributed by atoms with Crippen LogP contribution < -0.4 is 9.47 Å². The van der Waals surface area contributed by atoms with Gasteiger partial charge >= 0.3 is 5.97 Å². The third kappa shape index (κ3) is 4.40. The Morgan fingerprint density at radius 1 is 1.07 bits per heavy atom. The van der Waals surface area contributed by atoms with Crippen LogP contribution in [0.1, 0.15) is 51.5 Å². The monoisotopic (exact) mass is 409 g/mol. The summed E-state index contributed by atoms with van der Waals surface area (Å²) in [6, 6.07) is 11.8. The van der Waals surface area contributed by atoms with Crippen molar-refractivity contribution in [2.45, 2.75) is 58.5 Å². The van der Waals surface area contributed by atoms with E-state index in [0.717, 1.165) is 60.3 Å². The number of esters is 1. The van der Waals surface area contributed by atoms with Crippen molar-refractivity contribution in [3.63, 3.8) is 0 Å². The predicted octanol–water partition coefficient (Wildman–Crippen LogP) is 4.59. The summed E-state index contributed by atoms with van der Waals surface area (Å²) in [6.45, 7) is 4.45. The lowest BCUT2D eigenvalue weighted by Gasteiger charge is -2.10. The van der Waals surface area contributed by atoms with Crippen molar-refractivity contribution in [2.24, 2.45) is 0 Å². The van der Waals surface area contributed by atoms with E-state index >= 15 is 0 Å². The molecule has 2 aliphatic rings. The van der Waals surface area contributed by atoms with Crippen LogP contribution in [0.5, 0.6) is 11.5 Å². The lowest BCUT2D eigenvalue weighted by Crippen LogP contribution is -2.13. The number of aromatic nitrogens is 3. The van der Waals surface area contributed by atoms with Crippen molar-refractivity contribution in [1.29, 1.82) is 0 Å². The topological polar surface area (TPSA) is 75.5 Å². The number of benzene rings is 2. The second kappa shape index (κ2) is 9.15. The molecule has 7 heteroatoms. The average molecular weight is 409 g/mol. The molecule has 1 atom stereocenters. The predicted molar refractivity (Wildman–Crippen MR) is 113 cm³/mol. The Morgan fingerprint density at radius 2 is 1.93 bits per heavy atom. The number of carbonyl (C=O) groups excluding carboxylic acids is 1. The Balaban J connectivity index is 0.000000185. The molecule has 3 heterocycles. The summed E-state index contributed by atoms with van der Waals surface area (Å²) in [5.74, 6) is 1.49. The molecule has 1 fully saturated rings. The maximum atomic E-state index is 10.8. The van der Waals surface area contributed by atoms with Crippen LogP contribution in [0.25, 0.3) is 16.7 Å². The van der Waals surface area contributed by atoms with E-state index in [-0.39, 0.29) is 18.9 Å². The summed E-state index contributed by atoms with van der Waals surface area (Å²) in [4.78, 5) is 12.5. The molecular weight excluding hydrogens is 382 g/mol. The molecule has 3 aromatic rings. The van der Waals surface area contributed by atoms with Crippen LogP contribution in [-0.2, 0) is 16.0 Å². The van der Waals surface area contributed by atoms with Crippen LogP contribution in [0.2, 0.25) is 0 Å². The number of hydrogen-bond acceptors (Lipinski definition) is 6. The molecule has 0 N–H and O–H groups in total. The van der Waals surface area contributed by atoms with E-state index in [1.165, 1.54) is 5.56 Å². The third-order valence-corrected chi connectivity index (χ3v) is 5.37. The summed E-state index contributed by atoms with van der Waals surface area (Å²) in [5, 5.41) is 9.11. The number of hydrogen-bond donors (Lipinski definition) is 0. The van der Waals surface area contributed by atoms with Crippen LogP contribution in [0.4, 0.5) is 0 Å². The number of ether oxygens (including phenoxy) is 3. The van der Waals surface area contributed by atoms with Crippen LogP contribution in [-0.4, -0.2) is 33.9 Å². The first-order valence-electron chi connectivity index (χ1n) is 10.6. The summed E-state index contributed by atoms with van der Waals surface area (Å²) in [6.07, 6.45) is 5.94. The zero-order valence-corrected chi connectivity index (χ0v) is 17.5. The normalized spacial score (nSPS) is 17.8. The van der Waals surface area contributed by atoms with Gasteiger partial charge in [-0.05, 0) is 55.9 Å². The fraction of sp³-hybridized carbons (Fsp3) is 0.435. The molecule has 0 aliphatic carbocycles. The van der Waals surface area contributed by atoms with E-state index in [1.54, 1.807) is 4.80 Å². The average Bonchev–Trinajstić information content (AvgIpc) is 3.36. The highest BCUT2D eigenvalue weighted by molar-refractivity contribution is 5.77. The van der Waals surface area contributed by atoms with Gasteiger partial charge in [-0.25, -0.2) is 0 Å². The van der Waals surface area contributed by atoms with Crippen molar-refractivity contribution in [1.82, 2.24) is 15.0 Å². The van der Waals surface area contributed by atoms with Crippen LogP contribution in [0, 0.1) is 0 Å². The van der Waals surface area contributed by atoms with Gasteiger partial charge in [0, 0.05) is 12.5 Å². The van der Waals surface area contributed by atoms with Gasteiger partial charge in [0.25, 0.3) is 0 Å². The van der Waals surface area contributed by atoms with E-state index in [9.17, 15) is 4.79 Å². The van der Waals surface area contributed by atoms with Gasteiger partial charge < -0.3 is 14.2 Å². The highest BCUT2D eigenvalue weighted by Crippen LogP contribution is 2.33. The third-order valence-electron chi connectivity index (χ3n) is 5.37. The number of nitrogens with zero attached hydrogens (tertiary/aromatic N) is 3. The first-order chi connectivity index (χ1) is 14.7. The van der Waals surface area contributed by atoms with E-state index in [2.05, 4.69) is 30.1 Å². The van der Waals surface area contributed by atoms with Crippen LogP contribution in [0.3, 0.4) is 0 Å². The molecule has 30 heavy (non-hydrogen) atoms. The number of aryl methyl sites for hydroxylation is 1. The Hall–Kier alpha value is -3.09. The molecule has 0 bridgehead atoms. The second-order valence-electron chi connectivity index (χ2n) is 7.43. The summed E-state index contributed by atoms with van der Waals surface area (Å²) >= 11 is 0. The van der Waals surface area contributed by atoms with Gasteiger partial charge in [-0.3, -0.25) is 4.79 Å². The van der Waals surface area contributed by atoms with Crippen molar-refractivity contribution in [2.75, 3.05) is 6.79 Å².